The lowest BCUT2D eigenvalue weighted by Gasteiger charge is -2.11. The standard InChI is InChI=1S/C16H21BrN4OS.HI/c1-4-18-16(21-10-15-19-8-11(2)23-15)20-9-12-7-13(17)5-6-14(12)22-3;/h5-8H,4,9-10H2,1-3H3,(H2,18,20,21);1H. The molecule has 0 spiro atoms. The Balaban J connectivity index is 0.00000288. The number of thiazole rings is 1. The number of methoxy groups -OCH3 is 1. The first-order chi connectivity index (χ1) is 11.1. The largest absolute Gasteiger partial charge is 0.496 e. The van der Waals surface area contributed by atoms with Crippen LogP contribution in [0.5, 0.6) is 5.75 Å². The molecule has 2 aromatic rings. The highest BCUT2D eigenvalue weighted by molar-refractivity contribution is 14.0. The number of halogens is 2. The van der Waals surface area contributed by atoms with Gasteiger partial charge in [0.2, 0.25) is 0 Å². The van der Waals surface area contributed by atoms with Gasteiger partial charge < -0.3 is 15.4 Å². The molecule has 0 fully saturated rings. The normalized spacial score (nSPS) is 10.9. The Kier molecular flexibility index (Phi) is 9.60. The predicted molar refractivity (Wildman–Crippen MR) is 115 cm³/mol. The molecule has 0 unspecified atom stereocenters. The topological polar surface area (TPSA) is 58.5 Å². The van der Waals surface area contributed by atoms with E-state index in [0.717, 1.165) is 33.3 Å². The summed E-state index contributed by atoms with van der Waals surface area (Å²) < 4.78 is 6.40. The molecule has 1 heterocycles. The molecule has 0 saturated heterocycles. The Hall–Kier alpha value is -0.870. The number of ether oxygens (including phenoxy) is 1. The van der Waals surface area contributed by atoms with Crippen molar-refractivity contribution >= 4 is 57.2 Å². The highest BCUT2D eigenvalue weighted by Gasteiger charge is 2.05. The van der Waals surface area contributed by atoms with Crippen LogP contribution in [-0.2, 0) is 13.1 Å². The molecule has 8 heteroatoms. The van der Waals surface area contributed by atoms with Crippen molar-refractivity contribution in [3.8, 4) is 5.75 Å². The number of hydrogen-bond donors (Lipinski definition) is 2. The summed E-state index contributed by atoms with van der Waals surface area (Å²) in [5, 5.41) is 7.60. The highest BCUT2D eigenvalue weighted by atomic mass is 127. The number of hydrogen-bond acceptors (Lipinski definition) is 4. The summed E-state index contributed by atoms with van der Waals surface area (Å²) in [7, 11) is 1.67. The van der Waals surface area contributed by atoms with Gasteiger partial charge in [0.25, 0.3) is 0 Å². The maximum Gasteiger partial charge on any atom is 0.191 e. The number of aromatic nitrogens is 1. The average molecular weight is 525 g/mol. The van der Waals surface area contributed by atoms with Gasteiger partial charge in [-0.1, -0.05) is 15.9 Å². The van der Waals surface area contributed by atoms with E-state index in [1.165, 1.54) is 4.88 Å². The second kappa shape index (κ2) is 10.9. The molecule has 0 aliphatic carbocycles. The lowest BCUT2D eigenvalue weighted by Crippen LogP contribution is -2.36. The van der Waals surface area contributed by atoms with Crippen LogP contribution in [0.2, 0.25) is 0 Å². The fourth-order valence-corrected chi connectivity index (χ4v) is 3.15. The van der Waals surface area contributed by atoms with Crippen LogP contribution in [0.15, 0.2) is 33.9 Å². The van der Waals surface area contributed by atoms with Crippen molar-refractivity contribution in [1.29, 1.82) is 0 Å². The first kappa shape index (κ1) is 21.2. The Morgan fingerprint density at radius 2 is 2.17 bits per heavy atom. The SMILES string of the molecule is CCNC(=NCc1cc(Br)ccc1OC)NCc1ncc(C)s1.I. The van der Waals surface area contributed by atoms with Gasteiger partial charge in [0.1, 0.15) is 10.8 Å². The Labute approximate surface area is 172 Å². The first-order valence-corrected chi connectivity index (χ1v) is 8.99. The molecule has 1 aromatic heterocycles. The number of nitrogens with one attached hydrogen (secondary N) is 2. The smallest absolute Gasteiger partial charge is 0.191 e. The van der Waals surface area contributed by atoms with Crippen LogP contribution >= 0.6 is 51.2 Å². The fourth-order valence-electron chi connectivity index (χ4n) is 2.02. The molecule has 24 heavy (non-hydrogen) atoms. The molecule has 2 rings (SSSR count). The number of benzene rings is 1. The first-order valence-electron chi connectivity index (χ1n) is 7.38. The third-order valence-electron chi connectivity index (χ3n) is 3.07. The summed E-state index contributed by atoms with van der Waals surface area (Å²) in [5.41, 5.74) is 1.03. The van der Waals surface area contributed by atoms with Crippen molar-refractivity contribution in [1.82, 2.24) is 15.6 Å². The molecule has 5 nitrogen and oxygen atoms in total. The van der Waals surface area contributed by atoms with Gasteiger partial charge in [0.05, 0.1) is 20.2 Å². The number of aryl methyl sites for hydroxylation is 1. The van der Waals surface area contributed by atoms with Crippen LogP contribution in [0.4, 0.5) is 0 Å². The third-order valence-corrected chi connectivity index (χ3v) is 4.48. The average Bonchev–Trinajstić information content (AvgIpc) is 2.95. The van der Waals surface area contributed by atoms with Gasteiger partial charge in [0, 0.05) is 27.7 Å². The zero-order chi connectivity index (χ0) is 16.7. The van der Waals surface area contributed by atoms with Gasteiger partial charge in [-0.15, -0.1) is 35.3 Å². The zero-order valence-electron chi connectivity index (χ0n) is 13.9. The molecular formula is C16H22BrIN4OS. The molecule has 0 aliphatic heterocycles. The van der Waals surface area contributed by atoms with Crippen molar-refractivity contribution < 1.29 is 4.74 Å². The highest BCUT2D eigenvalue weighted by Crippen LogP contribution is 2.23. The predicted octanol–water partition coefficient (Wildman–Crippen LogP) is 4.10. The second-order valence-corrected chi connectivity index (χ2v) is 7.10. The van der Waals surface area contributed by atoms with Gasteiger partial charge in [-0.25, -0.2) is 9.98 Å². The summed E-state index contributed by atoms with van der Waals surface area (Å²) in [5.74, 6) is 1.60. The van der Waals surface area contributed by atoms with E-state index in [1.54, 1.807) is 18.4 Å². The molecule has 2 N–H and O–H groups in total. The lowest BCUT2D eigenvalue weighted by atomic mass is 10.2. The van der Waals surface area contributed by atoms with Gasteiger partial charge in [-0.05, 0) is 32.0 Å². The van der Waals surface area contributed by atoms with E-state index >= 15 is 0 Å². The Morgan fingerprint density at radius 1 is 1.38 bits per heavy atom. The van der Waals surface area contributed by atoms with Gasteiger partial charge in [-0.3, -0.25) is 0 Å². The van der Waals surface area contributed by atoms with Gasteiger partial charge in [-0.2, -0.15) is 0 Å². The van der Waals surface area contributed by atoms with Crippen molar-refractivity contribution in [2.75, 3.05) is 13.7 Å². The summed E-state index contributed by atoms with van der Waals surface area (Å²) in [6.45, 7) is 6.11. The summed E-state index contributed by atoms with van der Waals surface area (Å²) in [6, 6.07) is 5.92. The quantitative estimate of drug-likeness (QED) is 0.339. The van der Waals surface area contributed by atoms with Crippen LogP contribution in [-0.4, -0.2) is 24.6 Å². The molecule has 0 aliphatic rings. The number of guanidine groups is 1. The molecule has 0 bridgehead atoms. The van der Waals surface area contributed by atoms with E-state index in [-0.39, 0.29) is 24.0 Å². The second-order valence-electron chi connectivity index (χ2n) is 4.87. The van der Waals surface area contributed by atoms with Crippen molar-refractivity contribution in [2.45, 2.75) is 26.9 Å². The maximum atomic E-state index is 5.39. The minimum Gasteiger partial charge on any atom is -0.496 e. The van der Waals surface area contributed by atoms with Crippen LogP contribution < -0.4 is 15.4 Å². The fraction of sp³-hybridized carbons (Fsp3) is 0.375. The van der Waals surface area contributed by atoms with Gasteiger partial charge in [0.15, 0.2) is 5.96 Å². The summed E-state index contributed by atoms with van der Waals surface area (Å²) in [6.07, 6.45) is 1.89. The molecular weight excluding hydrogens is 503 g/mol. The Bertz CT molecular complexity index is 678. The van der Waals surface area contributed by atoms with Crippen LogP contribution in [0.1, 0.15) is 22.4 Å². The third kappa shape index (κ3) is 6.56. The summed E-state index contributed by atoms with van der Waals surface area (Å²) >= 11 is 5.17. The van der Waals surface area contributed by atoms with E-state index in [9.17, 15) is 0 Å². The molecule has 132 valence electrons. The van der Waals surface area contributed by atoms with Crippen molar-refractivity contribution in [2.24, 2.45) is 4.99 Å². The van der Waals surface area contributed by atoms with E-state index in [4.69, 9.17) is 4.74 Å². The van der Waals surface area contributed by atoms with Crippen LogP contribution in [0.25, 0.3) is 0 Å². The molecule has 0 radical (unpaired) electrons. The molecule has 0 saturated carbocycles. The van der Waals surface area contributed by atoms with E-state index in [1.807, 2.05) is 31.3 Å². The lowest BCUT2D eigenvalue weighted by molar-refractivity contribution is 0.409. The molecule has 0 atom stereocenters. The number of nitrogens with zero attached hydrogens (tertiary/aromatic N) is 2. The van der Waals surface area contributed by atoms with Crippen LogP contribution in [0, 0.1) is 6.92 Å². The summed E-state index contributed by atoms with van der Waals surface area (Å²) in [4.78, 5) is 10.2. The number of rotatable bonds is 6. The van der Waals surface area contributed by atoms with E-state index < -0.39 is 0 Å². The zero-order valence-corrected chi connectivity index (χ0v) is 18.7. The number of aliphatic imine (C=N–C) groups is 1. The minimum absolute atomic E-state index is 0. The van der Waals surface area contributed by atoms with Crippen molar-refractivity contribution in [3.63, 3.8) is 0 Å². The monoisotopic (exact) mass is 524 g/mol. The van der Waals surface area contributed by atoms with Gasteiger partial charge >= 0.3 is 0 Å². The Morgan fingerprint density at radius 3 is 2.79 bits per heavy atom. The van der Waals surface area contributed by atoms with Crippen molar-refractivity contribution in [3.05, 3.63) is 44.3 Å². The molecule has 0 amide bonds. The minimum atomic E-state index is 0. The van der Waals surface area contributed by atoms with E-state index in [0.29, 0.717) is 13.1 Å². The maximum absolute atomic E-state index is 5.39. The molecule has 1 aromatic carbocycles. The van der Waals surface area contributed by atoms with Crippen LogP contribution in [0.3, 0.4) is 0 Å². The van der Waals surface area contributed by atoms with E-state index in [2.05, 4.69) is 43.5 Å².